The van der Waals surface area contributed by atoms with Crippen LogP contribution in [0.3, 0.4) is 0 Å². The Hall–Kier alpha value is -1.51. The van der Waals surface area contributed by atoms with E-state index in [2.05, 4.69) is 12.2 Å². The van der Waals surface area contributed by atoms with Crippen LogP contribution in [-0.4, -0.2) is 18.6 Å². The average Bonchev–Trinajstić information content (AvgIpc) is 3.13. The summed E-state index contributed by atoms with van der Waals surface area (Å²) in [6.45, 7) is 4.56. The predicted octanol–water partition coefficient (Wildman–Crippen LogP) is 2.61. The molecule has 1 unspecified atom stereocenters. The van der Waals surface area contributed by atoms with E-state index in [1.54, 1.807) is 6.07 Å². The number of para-hydroxylation sites is 1. The van der Waals surface area contributed by atoms with Crippen LogP contribution in [0.5, 0.6) is 5.75 Å². The van der Waals surface area contributed by atoms with E-state index in [-0.39, 0.29) is 11.9 Å². The lowest BCUT2D eigenvalue weighted by molar-refractivity contribution is 0.0932. The van der Waals surface area contributed by atoms with Gasteiger partial charge in [0.1, 0.15) is 5.75 Å². The molecule has 0 radical (unpaired) electrons. The molecule has 0 heterocycles. The van der Waals surface area contributed by atoms with Gasteiger partial charge in [-0.25, -0.2) is 0 Å². The highest BCUT2D eigenvalue weighted by molar-refractivity contribution is 5.97. The van der Waals surface area contributed by atoms with Crippen LogP contribution in [0.15, 0.2) is 24.3 Å². The molecule has 2 rings (SSSR count). The molecular formula is C14H19NO2. The van der Waals surface area contributed by atoms with Crippen molar-refractivity contribution in [2.45, 2.75) is 32.7 Å². The second-order valence-corrected chi connectivity index (χ2v) is 4.53. The highest BCUT2D eigenvalue weighted by Gasteiger charge is 2.29. The molecule has 1 N–H and O–H groups in total. The van der Waals surface area contributed by atoms with Crippen molar-refractivity contribution in [1.82, 2.24) is 5.32 Å². The highest BCUT2D eigenvalue weighted by Crippen LogP contribution is 2.32. The predicted molar refractivity (Wildman–Crippen MR) is 67.3 cm³/mol. The van der Waals surface area contributed by atoms with E-state index < -0.39 is 0 Å². The fraction of sp³-hybridized carbons (Fsp3) is 0.500. The number of benzene rings is 1. The van der Waals surface area contributed by atoms with Crippen LogP contribution in [-0.2, 0) is 0 Å². The number of carbonyl (C=O) groups is 1. The van der Waals surface area contributed by atoms with Crippen molar-refractivity contribution in [2.75, 3.05) is 6.61 Å². The smallest absolute Gasteiger partial charge is 0.255 e. The van der Waals surface area contributed by atoms with Crippen LogP contribution >= 0.6 is 0 Å². The van der Waals surface area contributed by atoms with E-state index in [1.165, 1.54) is 12.8 Å². The molecule has 1 atom stereocenters. The summed E-state index contributed by atoms with van der Waals surface area (Å²) in [5, 5.41) is 3.04. The van der Waals surface area contributed by atoms with Gasteiger partial charge in [0.05, 0.1) is 12.2 Å². The zero-order valence-corrected chi connectivity index (χ0v) is 10.4. The molecule has 0 saturated heterocycles. The number of hydrogen-bond acceptors (Lipinski definition) is 2. The molecule has 0 aliphatic heterocycles. The van der Waals surface area contributed by atoms with Gasteiger partial charge in [0.2, 0.25) is 0 Å². The van der Waals surface area contributed by atoms with Gasteiger partial charge in [0.25, 0.3) is 5.91 Å². The lowest BCUT2D eigenvalue weighted by Crippen LogP contribution is -2.34. The molecule has 1 saturated carbocycles. The largest absolute Gasteiger partial charge is 0.493 e. The molecular weight excluding hydrogens is 214 g/mol. The van der Waals surface area contributed by atoms with E-state index in [0.717, 1.165) is 0 Å². The van der Waals surface area contributed by atoms with Gasteiger partial charge in [-0.2, -0.15) is 0 Å². The molecule has 1 aromatic rings. The Morgan fingerprint density at radius 1 is 1.47 bits per heavy atom. The third kappa shape index (κ3) is 2.99. The third-order valence-corrected chi connectivity index (χ3v) is 3.12. The Bertz CT molecular complexity index is 399. The lowest BCUT2D eigenvalue weighted by atomic mass is 10.1. The zero-order chi connectivity index (χ0) is 12.3. The Morgan fingerprint density at radius 3 is 2.82 bits per heavy atom. The summed E-state index contributed by atoms with van der Waals surface area (Å²) < 4.78 is 5.45. The molecule has 92 valence electrons. The molecule has 1 aliphatic carbocycles. The van der Waals surface area contributed by atoms with E-state index in [9.17, 15) is 4.79 Å². The molecule has 3 heteroatoms. The van der Waals surface area contributed by atoms with Gasteiger partial charge in [-0.15, -0.1) is 0 Å². The summed E-state index contributed by atoms with van der Waals surface area (Å²) in [6.07, 6.45) is 2.46. The number of hydrogen-bond donors (Lipinski definition) is 1. The van der Waals surface area contributed by atoms with Crippen LogP contribution in [0.2, 0.25) is 0 Å². The first-order valence-electron chi connectivity index (χ1n) is 6.25. The quantitative estimate of drug-likeness (QED) is 0.849. The number of ether oxygens (including phenoxy) is 1. The summed E-state index contributed by atoms with van der Waals surface area (Å²) in [5.41, 5.74) is 0.627. The molecule has 1 fully saturated rings. The molecule has 0 aromatic heterocycles. The van der Waals surface area contributed by atoms with Crippen molar-refractivity contribution in [1.29, 1.82) is 0 Å². The first-order valence-corrected chi connectivity index (χ1v) is 6.25. The minimum absolute atomic E-state index is 0.0338. The normalized spacial score (nSPS) is 16.4. The second kappa shape index (κ2) is 5.21. The van der Waals surface area contributed by atoms with Crippen LogP contribution in [0.25, 0.3) is 0 Å². The van der Waals surface area contributed by atoms with Crippen molar-refractivity contribution >= 4 is 5.91 Å². The molecule has 0 spiro atoms. The Morgan fingerprint density at radius 2 is 2.18 bits per heavy atom. The minimum atomic E-state index is -0.0338. The number of nitrogens with one attached hydrogen (secondary N) is 1. The fourth-order valence-corrected chi connectivity index (χ4v) is 1.93. The number of rotatable bonds is 5. The second-order valence-electron chi connectivity index (χ2n) is 4.53. The van der Waals surface area contributed by atoms with Gasteiger partial charge in [-0.1, -0.05) is 12.1 Å². The third-order valence-electron chi connectivity index (χ3n) is 3.12. The van der Waals surface area contributed by atoms with Gasteiger partial charge in [-0.3, -0.25) is 4.79 Å². The summed E-state index contributed by atoms with van der Waals surface area (Å²) in [7, 11) is 0. The zero-order valence-electron chi connectivity index (χ0n) is 10.4. The van der Waals surface area contributed by atoms with Crippen LogP contribution in [0.1, 0.15) is 37.0 Å². The Kier molecular flexibility index (Phi) is 3.67. The van der Waals surface area contributed by atoms with Gasteiger partial charge in [0, 0.05) is 6.04 Å². The van der Waals surface area contributed by atoms with Crippen LogP contribution < -0.4 is 10.1 Å². The molecule has 0 bridgehead atoms. The molecule has 1 amide bonds. The van der Waals surface area contributed by atoms with Gasteiger partial charge in [-0.05, 0) is 44.7 Å². The van der Waals surface area contributed by atoms with Gasteiger partial charge in [0.15, 0.2) is 0 Å². The maximum Gasteiger partial charge on any atom is 0.255 e. The van der Waals surface area contributed by atoms with Crippen molar-refractivity contribution < 1.29 is 9.53 Å². The summed E-state index contributed by atoms with van der Waals surface area (Å²) >= 11 is 0. The van der Waals surface area contributed by atoms with E-state index in [1.807, 2.05) is 25.1 Å². The van der Waals surface area contributed by atoms with Crippen molar-refractivity contribution in [3.63, 3.8) is 0 Å². The standard InChI is InChI=1S/C14H19NO2/c1-3-17-13-7-5-4-6-12(13)14(16)15-10(2)11-8-9-11/h4-7,10-11H,3,8-9H2,1-2H3,(H,15,16). The molecule has 1 aromatic carbocycles. The van der Waals surface area contributed by atoms with E-state index in [0.29, 0.717) is 23.8 Å². The van der Waals surface area contributed by atoms with Gasteiger partial charge >= 0.3 is 0 Å². The highest BCUT2D eigenvalue weighted by atomic mass is 16.5. The first-order chi connectivity index (χ1) is 8.22. The van der Waals surface area contributed by atoms with E-state index >= 15 is 0 Å². The topological polar surface area (TPSA) is 38.3 Å². The summed E-state index contributed by atoms with van der Waals surface area (Å²) in [4.78, 5) is 12.1. The Balaban J connectivity index is 2.06. The summed E-state index contributed by atoms with van der Waals surface area (Å²) in [5.74, 6) is 1.29. The first kappa shape index (κ1) is 12.0. The van der Waals surface area contributed by atoms with E-state index in [4.69, 9.17) is 4.74 Å². The van der Waals surface area contributed by atoms with Crippen LogP contribution in [0.4, 0.5) is 0 Å². The molecule has 1 aliphatic rings. The average molecular weight is 233 g/mol. The monoisotopic (exact) mass is 233 g/mol. The Labute approximate surface area is 102 Å². The SMILES string of the molecule is CCOc1ccccc1C(=O)NC(C)C1CC1. The summed E-state index contributed by atoms with van der Waals surface area (Å²) in [6, 6.07) is 7.64. The lowest BCUT2D eigenvalue weighted by Gasteiger charge is -2.14. The van der Waals surface area contributed by atoms with Gasteiger partial charge < -0.3 is 10.1 Å². The fourth-order valence-electron chi connectivity index (χ4n) is 1.93. The van der Waals surface area contributed by atoms with Crippen molar-refractivity contribution in [3.8, 4) is 5.75 Å². The maximum atomic E-state index is 12.1. The number of amides is 1. The number of carbonyl (C=O) groups excluding carboxylic acids is 1. The maximum absolute atomic E-state index is 12.1. The van der Waals surface area contributed by atoms with Crippen molar-refractivity contribution in [2.24, 2.45) is 5.92 Å². The van der Waals surface area contributed by atoms with Crippen LogP contribution in [0, 0.1) is 5.92 Å². The molecule has 3 nitrogen and oxygen atoms in total. The molecule has 17 heavy (non-hydrogen) atoms. The minimum Gasteiger partial charge on any atom is -0.493 e. The van der Waals surface area contributed by atoms with Crippen molar-refractivity contribution in [3.05, 3.63) is 29.8 Å².